The van der Waals surface area contributed by atoms with Gasteiger partial charge >= 0.3 is 0 Å². The van der Waals surface area contributed by atoms with Gasteiger partial charge in [-0.2, -0.15) is 5.26 Å². The summed E-state index contributed by atoms with van der Waals surface area (Å²) in [6.45, 7) is 7.68. The molecule has 1 saturated carbocycles. The van der Waals surface area contributed by atoms with Crippen LogP contribution in [0.2, 0.25) is 0 Å². The van der Waals surface area contributed by atoms with Crippen LogP contribution in [0.4, 0.5) is 0 Å². The zero-order valence-electron chi connectivity index (χ0n) is 11.3. The number of nitrogens with zero attached hydrogens (tertiary/aromatic N) is 2. The Morgan fingerprint density at radius 3 is 2.47 bits per heavy atom. The third-order valence-corrected chi connectivity index (χ3v) is 3.59. The molecule has 0 spiro atoms. The van der Waals surface area contributed by atoms with E-state index in [2.05, 4.69) is 26.8 Å². The van der Waals surface area contributed by atoms with Gasteiger partial charge in [-0.25, -0.2) is 0 Å². The van der Waals surface area contributed by atoms with Crippen LogP contribution in [0, 0.1) is 22.7 Å². The summed E-state index contributed by atoms with van der Waals surface area (Å²) >= 11 is 0. The summed E-state index contributed by atoms with van der Waals surface area (Å²) in [5, 5.41) is 8.67. The van der Waals surface area contributed by atoms with Crippen molar-refractivity contribution < 1.29 is 4.79 Å². The molecule has 17 heavy (non-hydrogen) atoms. The first-order chi connectivity index (χ1) is 7.99. The van der Waals surface area contributed by atoms with Crippen molar-refractivity contribution in [1.82, 2.24) is 4.90 Å². The average Bonchev–Trinajstić information content (AvgIpc) is 2.71. The molecule has 0 saturated heterocycles. The topological polar surface area (TPSA) is 44.1 Å². The highest BCUT2D eigenvalue weighted by Crippen LogP contribution is 2.39. The Balaban J connectivity index is 2.67. The summed E-state index contributed by atoms with van der Waals surface area (Å²) in [6, 6.07) is 2.14. The molecule has 0 radical (unpaired) electrons. The Hall–Kier alpha value is -1.04. The second kappa shape index (κ2) is 6.05. The highest BCUT2D eigenvalue weighted by molar-refractivity contribution is 5.82. The van der Waals surface area contributed by atoms with E-state index < -0.39 is 0 Å². The zero-order chi connectivity index (χ0) is 12.9. The first-order valence-electron chi connectivity index (χ1n) is 6.66. The summed E-state index contributed by atoms with van der Waals surface area (Å²) in [6.07, 6.45) is 4.78. The fraction of sp³-hybridized carbons (Fsp3) is 0.857. The molecule has 0 N–H and O–H groups in total. The molecule has 1 rings (SSSR count). The molecule has 0 heterocycles. The standard InChI is InChI=1S/C14H24N2O/c1-12(2)11-16(10-6-9-15)13(17)14(3)7-4-5-8-14/h12H,4-8,10-11H2,1-3H3. The van der Waals surface area contributed by atoms with Gasteiger partial charge in [-0.3, -0.25) is 4.79 Å². The molecule has 1 aliphatic rings. The summed E-state index contributed by atoms with van der Waals surface area (Å²) < 4.78 is 0. The lowest BCUT2D eigenvalue weighted by molar-refractivity contribution is -0.141. The van der Waals surface area contributed by atoms with Gasteiger partial charge in [-0.1, -0.05) is 33.6 Å². The maximum Gasteiger partial charge on any atom is 0.228 e. The third kappa shape index (κ3) is 3.73. The van der Waals surface area contributed by atoms with Gasteiger partial charge in [0, 0.05) is 18.5 Å². The highest BCUT2D eigenvalue weighted by Gasteiger charge is 2.38. The third-order valence-electron chi connectivity index (χ3n) is 3.59. The van der Waals surface area contributed by atoms with Crippen LogP contribution in [-0.2, 0) is 4.79 Å². The second-order valence-corrected chi connectivity index (χ2v) is 5.82. The quantitative estimate of drug-likeness (QED) is 0.736. The average molecular weight is 236 g/mol. The molecule has 0 aromatic carbocycles. The molecule has 1 amide bonds. The minimum atomic E-state index is -0.162. The fourth-order valence-corrected chi connectivity index (χ4v) is 2.65. The lowest BCUT2D eigenvalue weighted by Crippen LogP contribution is -2.43. The fourth-order valence-electron chi connectivity index (χ4n) is 2.65. The van der Waals surface area contributed by atoms with Crippen molar-refractivity contribution in [3.8, 4) is 6.07 Å². The van der Waals surface area contributed by atoms with Crippen LogP contribution < -0.4 is 0 Å². The number of carbonyl (C=O) groups excluding carboxylic acids is 1. The molecule has 1 aliphatic carbocycles. The molecule has 0 atom stereocenters. The summed E-state index contributed by atoms with van der Waals surface area (Å²) in [5.74, 6) is 0.724. The predicted molar refractivity (Wildman–Crippen MR) is 68.2 cm³/mol. The van der Waals surface area contributed by atoms with E-state index in [1.54, 1.807) is 0 Å². The van der Waals surface area contributed by atoms with E-state index in [4.69, 9.17) is 5.26 Å². The maximum atomic E-state index is 12.5. The molecule has 0 bridgehead atoms. The second-order valence-electron chi connectivity index (χ2n) is 5.82. The largest absolute Gasteiger partial charge is 0.341 e. The summed E-state index contributed by atoms with van der Waals surface area (Å²) in [5.41, 5.74) is -0.162. The Morgan fingerprint density at radius 2 is 2.00 bits per heavy atom. The van der Waals surface area contributed by atoms with Crippen LogP contribution in [0.15, 0.2) is 0 Å². The number of hydrogen-bond acceptors (Lipinski definition) is 2. The first kappa shape index (κ1) is 14.0. The number of hydrogen-bond donors (Lipinski definition) is 0. The summed E-state index contributed by atoms with van der Waals surface area (Å²) in [7, 11) is 0. The number of rotatable bonds is 5. The molecule has 3 heteroatoms. The lowest BCUT2D eigenvalue weighted by atomic mass is 9.87. The van der Waals surface area contributed by atoms with Crippen LogP contribution in [0.25, 0.3) is 0 Å². The van der Waals surface area contributed by atoms with Crippen LogP contribution in [0.5, 0.6) is 0 Å². The maximum absolute atomic E-state index is 12.5. The minimum Gasteiger partial charge on any atom is -0.341 e. The van der Waals surface area contributed by atoms with Crippen molar-refractivity contribution >= 4 is 5.91 Å². The van der Waals surface area contributed by atoms with Crippen molar-refractivity contribution in [1.29, 1.82) is 5.26 Å². The Morgan fingerprint density at radius 1 is 1.41 bits per heavy atom. The molecule has 0 aromatic heterocycles. The van der Waals surface area contributed by atoms with E-state index in [1.165, 1.54) is 0 Å². The number of carbonyl (C=O) groups is 1. The van der Waals surface area contributed by atoms with Crippen LogP contribution in [0.1, 0.15) is 52.9 Å². The Labute approximate surface area is 105 Å². The van der Waals surface area contributed by atoms with Gasteiger partial charge in [0.15, 0.2) is 0 Å². The monoisotopic (exact) mass is 236 g/mol. The number of amides is 1. The summed E-state index contributed by atoms with van der Waals surface area (Å²) in [4.78, 5) is 14.4. The SMILES string of the molecule is CC(C)CN(CCC#N)C(=O)C1(C)CCCC1. The van der Waals surface area contributed by atoms with Gasteiger partial charge in [0.1, 0.15) is 0 Å². The zero-order valence-corrected chi connectivity index (χ0v) is 11.3. The van der Waals surface area contributed by atoms with Crippen LogP contribution in [-0.4, -0.2) is 23.9 Å². The van der Waals surface area contributed by atoms with Crippen LogP contribution >= 0.6 is 0 Å². The molecule has 0 aromatic rings. The molecule has 3 nitrogen and oxygen atoms in total. The minimum absolute atomic E-state index is 0.162. The van der Waals surface area contributed by atoms with E-state index in [1.807, 2.05) is 4.90 Å². The van der Waals surface area contributed by atoms with Gasteiger partial charge < -0.3 is 4.90 Å². The molecular formula is C14H24N2O. The van der Waals surface area contributed by atoms with Crippen LogP contribution in [0.3, 0.4) is 0 Å². The molecule has 0 unspecified atom stereocenters. The normalized spacial score (nSPS) is 18.1. The van der Waals surface area contributed by atoms with Crippen molar-refractivity contribution in [3.63, 3.8) is 0 Å². The highest BCUT2D eigenvalue weighted by atomic mass is 16.2. The van der Waals surface area contributed by atoms with Gasteiger partial charge in [0.2, 0.25) is 5.91 Å². The Bertz CT molecular complexity index is 298. The molecule has 96 valence electrons. The van der Waals surface area contributed by atoms with Gasteiger partial charge in [-0.05, 0) is 18.8 Å². The van der Waals surface area contributed by atoms with E-state index >= 15 is 0 Å². The molecule has 0 aliphatic heterocycles. The van der Waals surface area contributed by atoms with Gasteiger partial charge in [0.05, 0.1) is 12.5 Å². The van der Waals surface area contributed by atoms with E-state index in [9.17, 15) is 4.79 Å². The number of nitriles is 1. The first-order valence-corrected chi connectivity index (χ1v) is 6.66. The predicted octanol–water partition coefficient (Wildman–Crippen LogP) is 2.96. The van der Waals surface area contributed by atoms with E-state index in [-0.39, 0.29) is 11.3 Å². The smallest absolute Gasteiger partial charge is 0.228 e. The van der Waals surface area contributed by atoms with Crippen molar-refractivity contribution in [2.24, 2.45) is 11.3 Å². The lowest BCUT2D eigenvalue weighted by Gasteiger charge is -2.32. The van der Waals surface area contributed by atoms with Gasteiger partial charge in [-0.15, -0.1) is 0 Å². The Kier molecular flexibility index (Phi) is 4.99. The van der Waals surface area contributed by atoms with E-state index in [0.29, 0.717) is 18.9 Å². The van der Waals surface area contributed by atoms with E-state index in [0.717, 1.165) is 32.2 Å². The van der Waals surface area contributed by atoms with Gasteiger partial charge in [0.25, 0.3) is 0 Å². The molecule has 1 fully saturated rings. The van der Waals surface area contributed by atoms with Crippen molar-refractivity contribution in [3.05, 3.63) is 0 Å². The van der Waals surface area contributed by atoms with Crippen molar-refractivity contribution in [2.75, 3.05) is 13.1 Å². The van der Waals surface area contributed by atoms with Crippen molar-refractivity contribution in [2.45, 2.75) is 52.9 Å². The molecular weight excluding hydrogens is 212 g/mol.